The van der Waals surface area contributed by atoms with Crippen molar-refractivity contribution < 1.29 is 9.13 Å². The van der Waals surface area contributed by atoms with Gasteiger partial charge in [0.05, 0.1) is 5.69 Å². The van der Waals surface area contributed by atoms with Crippen LogP contribution in [0.15, 0.2) is 48.5 Å². The first-order chi connectivity index (χ1) is 7.83. The van der Waals surface area contributed by atoms with E-state index >= 15 is 0 Å². The van der Waals surface area contributed by atoms with Gasteiger partial charge in [0.1, 0.15) is 11.6 Å². The van der Waals surface area contributed by atoms with Gasteiger partial charge in [0.2, 0.25) is 0 Å². The van der Waals surface area contributed by atoms with Gasteiger partial charge in [0.25, 0.3) is 0 Å². The predicted molar refractivity (Wildman–Crippen MR) is 59.8 cm³/mol. The van der Waals surface area contributed by atoms with Crippen LogP contribution in [0.5, 0.6) is 5.75 Å². The zero-order valence-electron chi connectivity index (χ0n) is 8.48. The molecule has 2 nitrogen and oxygen atoms in total. The first kappa shape index (κ1) is 9.21. The molecule has 1 atom stereocenters. The molecule has 2 aromatic rings. The van der Waals surface area contributed by atoms with Crippen LogP contribution in [-0.2, 0) is 0 Å². The number of nitrogens with one attached hydrogen (secondary N) is 1. The van der Waals surface area contributed by atoms with E-state index in [0.717, 1.165) is 11.3 Å². The van der Waals surface area contributed by atoms with E-state index < -0.39 is 0 Å². The van der Waals surface area contributed by atoms with Crippen molar-refractivity contribution in [2.75, 3.05) is 5.32 Å². The van der Waals surface area contributed by atoms with Crippen molar-refractivity contribution in [3.8, 4) is 5.75 Å². The van der Waals surface area contributed by atoms with Gasteiger partial charge in [-0.3, -0.25) is 0 Å². The lowest BCUT2D eigenvalue weighted by molar-refractivity contribution is 0.259. The largest absolute Gasteiger partial charge is 0.464 e. The van der Waals surface area contributed by atoms with Crippen LogP contribution in [0.25, 0.3) is 0 Å². The topological polar surface area (TPSA) is 21.3 Å². The third-order valence-corrected chi connectivity index (χ3v) is 2.58. The SMILES string of the molecule is Fc1ccc2c(c1)OC(c1ccccc1)N2. The van der Waals surface area contributed by atoms with Gasteiger partial charge < -0.3 is 10.1 Å². The van der Waals surface area contributed by atoms with Gasteiger partial charge >= 0.3 is 0 Å². The second-order valence-corrected chi connectivity index (χ2v) is 3.69. The van der Waals surface area contributed by atoms with Gasteiger partial charge in [0.15, 0.2) is 6.23 Å². The van der Waals surface area contributed by atoms with Crippen molar-refractivity contribution in [2.45, 2.75) is 6.23 Å². The summed E-state index contributed by atoms with van der Waals surface area (Å²) in [4.78, 5) is 0. The lowest BCUT2D eigenvalue weighted by atomic mass is 10.2. The van der Waals surface area contributed by atoms with Crippen molar-refractivity contribution in [2.24, 2.45) is 0 Å². The summed E-state index contributed by atoms with van der Waals surface area (Å²) in [5.74, 6) is 0.281. The fraction of sp³-hybridized carbons (Fsp3) is 0.0769. The van der Waals surface area contributed by atoms with Gasteiger partial charge in [0, 0.05) is 11.6 Å². The Morgan fingerprint density at radius 1 is 1.06 bits per heavy atom. The van der Waals surface area contributed by atoms with Gasteiger partial charge in [-0.1, -0.05) is 30.3 Å². The first-order valence-electron chi connectivity index (χ1n) is 5.10. The molecule has 0 spiro atoms. The van der Waals surface area contributed by atoms with Crippen LogP contribution in [-0.4, -0.2) is 0 Å². The van der Waals surface area contributed by atoms with Crippen LogP contribution < -0.4 is 10.1 Å². The summed E-state index contributed by atoms with van der Waals surface area (Å²) in [5.41, 5.74) is 1.86. The second-order valence-electron chi connectivity index (χ2n) is 3.69. The third kappa shape index (κ3) is 1.50. The Morgan fingerprint density at radius 3 is 2.69 bits per heavy atom. The molecule has 3 heteroatoms. The Kier molecular flexibility index (Phi) is 2.03. The monoisotopic (exact) mass is 215 g/mol. The molecule has 0 saturated heterocycles. The molecule has 3 rings (SSSR count). The maximum atomic E-state index is 13.0. The average Bonchev–Trinajstić information content (AvgIpc) is 2.73. The molecule has 0 bridgehead atoms. The molecule has 1 heterocycles. The number of anilines is 1. The van der Waals surface area contributed by atoms with Crippen LogP contribution in [0.2, 0.25) is 0 Å². The average molecular weight is 215 g/mol. The van der Waals surface area contributed by atoms with E-state index in [2.05, 4.69) is 5.32 Å². The van der Waals surface area contributed by atoms with Gasteiger partial charge in [-0.2, -0.15) is 0 Å². The van der Waals surface area contributed by atoms with E-state index in [1.54, 1.807) is 6.07 Å². The Morgan fingerprint density at radius 2 is 1.88 bits per heavy atom. The smallest absolute Gasteiger partial charge is 0.196 e. The highest BCUT2D eigenvalue weighted by Crippen LogP contribution is 2.37. The Bertz CT molecular complexity index is 513. The summed E-state index contributed by atoms with van der Waals surface area (Å²) in [6.07, 6.45) is -0.224. The van der Waals surface area contributed by atoms with Crippen molar-refractivity contribution in [3.63, 3.8) is 0 Å². The number of hydrogen-bond donors (Lipinski definition) is 1. The Balaban J connectivity index is 1.91. The molecule has 0 fully saturated rings. The highest BCUT2D eigenvalue weighted by Gasteiger charge is 2.23. The molecule has 0 saturated carbocycles. The molecule has 1 aliphatic rings. The van der Waals surface area contributed by atoms with E-state index in [1.807, 2.05) is 30.3 Å². The van der Waals surface area contributed by atoms with E-state index in [-0.39, 0.29) is 12.0 Å². The molecule has 1 aliphatic heterocycles. The molecule has 0 radical (unpaired) electrons. The molecular weight excluding hydrogens is 205 g/mol. The van der Waals surface area contributed by atoms with Gasteiger partial charge in [-0.05, 0) is 12.1 Å². The molecule has 2 aromatic carbocycles. The van der Waals surface area contributed by atoms with E-state index in [9.17, 15) is 4.39 Å². The number of hydrogen-bond acceptors (Lipinski definition) is 2. The summed E-state index contributed by atoms with van der Waals surface area (Å²) in [6.45, 7) is 0. The quantitative estimate of drug-likeness (QED) is 0.787. The first-order valence-corrected chi connectivity index (χ1v) is 5.10. The molecule has 0 amide bonds. The third-order valence-electron chi connectivity index (χ3n) is 2.58. The predicted octanol–water partition coefficient (Wildman–Crippen LogP) is 3.33. The number of ether oxygens (including phenoxy) is 1. The molecule has 1 unspecified atom stereocenters. The molecule has 0 aliphatic carbocycles. The molecule has 1 N–H and O–H groups in total. The minimum Gasteiger partial charge on any atom is -0.464 e. The van der Waals surface area contributed by atoms with Crippen molar-refractivity contribution in [3.05, 3.63) is 59.9 Å². The highest BCUT2D eigenvalue weighted by atomic mass is 19.1. The number of rotatable bonds is 1. The van der Waals surface area contributed by atoms with Gasteiger partial charge in [-0.15, -0.1) is 0 Å². The summed E-state index contributed by atoms with van der Waals surface area (Å²) < 4.78 is 18.6. The number of halogens is 1. The van der Waals surface area contributed by atoms with Crippen molar-refractivity contribution in [1.29, 1.82) is 0 Å². The lowest BCUT2D eigenvalue weighted by Gasteiger charge is -2.10. The highest BCUT2D eigenvalue weighted by molar-refractivity contribution is 5.60. The number of benzene rings is 2. The standard InChI is InChI=1S/C13H10FNO/c14-10-6-7-11-12(8-10)16-13(15-11)9-4-2-1-3-5-9/h1-8,13,15H. The van der Waals surface area contributed by atoms with E-state index in [4.69, 9.17) is 4.74 Å². The zero-order chi connectivity index (χ0) is 11.0. The minimum atomic E-state index is -0.283. The van der Waals surface area contributed by atoms with Crippen LogP contribution in [0.1, 0.15) is 11.8 Å². The Labute approximate surface area is 92.7 Å². The normalized spacial score (nSPS) is 17.4. The maximum absolute atomic E-state index is 13.0. The lowest BCUT2D eigenvalue weighted by Crippen LogP contribution is -2.09. The maximum Gasteiger partial charge on any atom is 0.196 e. The molecule has 80 valence electrons. The minimum absolute atomic E-state index is 0.224. The number of fused-ring (bicyclic) bond motifs is 1. The molecule has 0 aromatic heterocycles. The summed E-state index contributed by atoms with van der Waals surface area (Å²) in [6, 6.07) is 14.3. The summed E-state index contributed by atoms with van der Waals surface area (Å²) in [7, 11) is 0. The second kappa shape index (κ2) is 3.52. The summed E-state index contributed by atoms with van der Waals surface area (Å²) in [5, 5.41) is 3.19. The van der Waals surface area contributed by atoms with Crippen LogP contribution in [0, 0.1) is 5.82 Å². The Hall–Kier alpha value is -2.03. The zero-order valence-corrected chi connectivity index (χ0v) is 8.48. The molecule has 16 heavy (non-hydrogen) atoms. The van der Waals surface area contributed by atoms with Gasteiger partial charge in [-0.25, -0.2) is 4.39 Å². The van der Waals surface area contributed by atoms with Crippen LogP contribution in [0.4, 0.5) is 10.1 Å². The van der Waals surface area contributed by atoms with Crippen LogP contribution >= 0.6 is 0 Å². The fourth-order valence-corrected chi connectivity index (χ4v) is 1.79. The van der Waals surface area contributed by atoms with E-state index in [0.29, 0.717) is 5.75 Å². The van der Waals surface area contributed by atoms with E-state index in [1.165, 1.54) is 12.1 Å². The molecular formula is C13H10FNO. The van der Waals surface area contributed by atoms with Crippen molar-refractivity contribution >= 4 is 5.69 Å². The van der Waals surface area contributed by atoms with Crippen LogP contribution in [0.3, 0.4) is 0 Å². The summed E-state index contributed by atoms with van der Waals surface area (Å²) >= 11 is 0. The fourth-order valence-electron chi connectivity index (χ4n) is 1.79. The van der Waals surface area contributed by atoms with Crippen molar-refractivity contribution in [1.82, 2.24) is 0 Å².